The first-order valence-electron chi connectivity index (χ1n) is 7.91. The number of anilines is 2. The van der Waals surface area contributed by atoms with E-state index in [4.69, 9.17) is 0 Å². The normalized spacial score (nSPS) is 10.4. The summed E-state index contributed by atoms with van der Waals surface area (Å²) in [6.45, 7) is 1.92. The van der Waals surface area contributed by atoms with Crippen LogP contribution in [0.15, 0.2) is 54.6 Å². The predicted molar refractivity (Wildman–Crippen MR) is 94.8 cm³/mol. The summed E-state index contributed by atoms with van der Waals surface area (Å²) >= 11 is 0. The maximum absolute atomic E-state index is 13.7. The molecule has 0 bridgehead atoms. The molecule has 0 saturated heterocycles. The van der Waals surface area contributed by atoms with Crippen molar-refractivity contribution in [2.24, 2.45) is 0 Å². The molecule has 0 radical (unpaired) electrons. The van der Waals surface area contributed by atoms with E-state index in [1.54, 1.807) is 25.1 Å². The molecular weight excluding hydrogens is 338 g/mol. The summed E-state index contributed by atoms with van der Waals surface area (Å²) in [7, 11) is 0. The highest BCUT2D eigenvalue weighted by Gasteiger charge is 2.11. The molecule has 1 aromatic heterocycles. The number of halogens is 2. The molecule has 3 aromatic rings. The second-order valence-corrected chi connectivity index (χ2v) is 5.62. The van der Waals surface area contributed by atoms with Crippen molar-refractivity contribution in [2.75, 3.05) is 10.6 Å². The van der Waals surface area contributed by atoms with Crippen molar-refractivity contribution in [3.05, 3.63) is 83.2 Å². The summed E-state index contributed by atoms with van der Waals surface area (Å²) in [5.41, 5.74) is 1.65. The Morgan fingerprint density at radius 2 is 1.77 bits per heavy atom. The molecule has 3 rings (SSSR count). The van der Waals surface area contributed by atoms with Gasteiger partial charge in [-0.25, -0.2) is 18.7 Å². The maximum Gasteiger partial charge on any atom is 0.274 e. The topological polar surface area (TPSA) is 66.9 Å². The second-order valence-electron chi connectivity index (χ2n) is 5.62. The number of nitrogens with one attached hydrogen (secondary N) is 2. The van der Waals surface area contributed by atoms with Crippen molar-refractivity contribution in [1.29, 1.82) is 0 Å². The van der Waals surface area contributed by atoms with Crippen molar-refractivity contribution in [1.82, 2.24) is 9.97 Å². The van der Waals surface area contributed by atoms with E-state index in [1.165, 1.54) is 36.4 Å². The molecule has 132 valence electrons. The number of rotatable bonds is 5. The van der Waals surface area contributed by atoms with Gasteiger partial charge in [-0.2, -0.15) is 0 Å². The van der Waals surface area contributed by atoms with Gasteiger partial charge >= 0.3 is 0 Å². The third-order valence-electron chi connectivity index (χ3n) is 3.58. The summed E-state index contributed by atoms with van der Waals surface area (Å²) in [4.78, 5) is 20.7. The molecule has 26 heavy (non-hydrogen) atoms. The lowest BCUT2D eigenvalue weighted by Crippen LogP contribution is -2.16. The van der Waals surface area contributed by atoms with Crippen LogP contribution in [0.2, 0.25) is 0 Å². The number of carbonyl (C=O) groups is 1. The number of nitrogens with zero attached hydrogens (tertiary/aromatic N) is 2. The lowest BCUT2D eigenvalue weighted by molar-refractivity contribution is 0.102. The molecular formula is C19H16F2N4O. The summed E-state index contributed by atoms with van der Waals surface area (Å²) < 4.78 is 26.6. The number of amides is 1. The summed E-state index contributed by atoms with van der Waals surface area (Å²) in [6.07, 6.45) is 0. The zero-order chi connectivity index (χ0) is 18.5. The van der Waals surface area contributed by atoms with Crippen molar-refractivity contribution in [2.45, 2.75) is 13.5 Å². The lowest BCUT2D eigenvalue weighted by atomic mass is 10.2. The minimum absolute atomic E-state index is 0.151. The first kappa shape index (κ1) is 17.5. The Morgan fingerprint density at radius 3 is 2.50 bits per heavy atom. The Balaban J connectivity index is 1.73. The van der Waals surface area contributed by atoms with Gasteiger partial charge < -0.3 is 10.6 Å². The third-order valence-corrected chi connectivity index (χ3v) is 3.58. The molecule has 1 amide bonds. The highest BCUT2D eigenvalue weighted by atomic mass is 19.1. The summed E-state index contributed by atoms with van der Waals surface area (Å²) in [5, 5.41) is 5.56. The standard InChI is InChI=1S/C19H16F2N4O/c1-12-10-17(18(26)24-15-8-6-14(20)7-9-15)25-19(23-12)22-11-13-4-2-3-5-16(13)21/h2-10H,11H2,1H3,(H,24,26)(H,22,23,25). The number of hydrogen-bond acceptors (Lipinski definition) is 4. The highest BCUT2D eigenvalue weighted by molar-refractivity contribution is 6.03. The molecule has 0 unspecified atom stereocenters. The fraction of sp³-hybridized carbons (Fsp3) is 0.105. The van der Waals surface area contributed by atoms with Crippen molar-refractivity contribution in [3.8, 4) is 0 Å². The van der Waals surface area contributed by atoms with Crippen LogP contribution in [0.5, 0.6) is 0 Å². The molecule has 0 atom stereocenters. The van der Waals surface area contributed by atoms with Gasteiger partial charge in [-0.1, -0.05) is 18.2 Å². The van der Waals surface area contributed by atoms with Gasteiger partial charge in [-0.3, -0.25) is 4.79 Å². The summed E-state index contributed by atoms with van der Waals surface area (Å²) in [5.74, 6) is -0.948. The van der Waals surface area contributed by atoms with Crippen LogP contribution in [-0.2, 0) is 6.54 Å². The average Bonchev–Trinajstić information content (AvgIpc) is 2.62. The van der Waals surface area contributed by atoms with E-state index in [9.17, 15) is 13.6 Å². The van der Waals surface area contributed by atoms with E-state index in [1.807, 2.05) is 0 Å². The van der Waals surface area contributed by atoms with Crippen LogP contribution >= 0.6 is 0 Å². The Labute approximate surface area is 149 Å². The van der Waals surface area contributed by atoms with E-state index in [0.717, 1.165) is 0 Å². The first-order chi connectivity index (χ1) is 12.5. The van der Waals surface area contributed by atoms with Gasteiger partial charge in [-0.15, -0.1) is 0 Å². The van der Waals surface area contributed by atoms with Crippen molar-refractivity contribution in [3.63, 3.8) is 0 Å². The molecule has 0 aliphatic heterocycles. The average molecular weight is 354 g/mol. The van der Waals surface area contributed by atoms with E-state index in [-0.39, 0.29) is 29.8 Å². The Kier molecular flexibility index (Phi) is 5.17. The van der Waals surface area contributed by atoms with E-state index >= 15 is 0 Å². The van der Waals surface area contributed by atoms with Gasteiger partial charge in [0.2, 0.25) is 5.95 Å². The monoisotopic (exact) mass is 354 g/mol. The van der Waals surface area contributed by atoms with Crippen LogP contribution in [0.1, 0.15) is 21.7 Å². The lowest BCUT2D eigenvalue weighted by Gasteiger charge is -2.09. The molecule has 5 nitrogen and oxygen atoms in total. The van der Waals surface area contributed by atoms with Gasteiger partial charge in [0.25, 0.3) is 5.91 Å². The van der Waals surface area contributed by atoms with Crippen LogP contribution in [0.25, 0.3) is 0 Å². The highest BCUT2D eigenvalue weighted by Crippen LogP contribution is 2.13. The van der Waals surface area contributed by atoms with Crippen LogP contribution in [0.3, 0.4) is 0 Å². The van der Waals surface area contributed by atoms with Gasteiger partial charge in [-0.05, 0) is 43.3 Å². The van der Waals surface area contributed by atoms with Gasteiger partial charge in [0.05, 0.1) is 0 Å². The number of carbonyl (C=O) groups excluding carboxylic acids is 1. The summed E-state index contributed by atoms with van der Waals surface area (Å²) in [6, 6.07) is 13.3. The molecule has 2 aromatic carbocycles. The van der Waals surface area contributed by atoms with E-state index < -0.39 is 5.91 Å². The van der Waals surface area contributed by atoms with Crippen LogP contribution in [0, 0.1) is 18.6 Å². The maximum atomic E-state index is 13.7. The predicted octanol–water partition coefficient (Wildman–Crippen LogP) is 3.93. The second kappa shape index (κ2) is 7.69. The van der Waals surface area contributed by atoms with Gasteiger partial charge in [0.1, 0.15) is 17.3 Å². The Hall–Kier alpha value is -3.35. The number of aryl methyl sites for hydroxylation is 1. The quantitative estimate of drug-likeness (QED) is 0.729. The smallest absolute Gasteiger partial charge is 0.274 e. The molecule has 0 fully saturated rings. The van der Waals surface area contributed by atoms with Gasteiger partial charge in [0, 0.05) is 23.5 Å². The molecule has 0 saturated carbocycles. The zero-order valence-electron chi connectivity index (χ0n) is 14.0. The van der Waals surface area contributed by atoms with E-state index in [2.05, 4.69) is 20.6 Å². The first-order valence-corrected chi connectivity index (χ1v) is 7.91. The number of aromatic nitrogens is 2. The molecule has 0 aliphatic carbocycles. The van der Waals surface area contributed by atoms with Crippen molar-refractivity contribution < 1.29 is 13.6 Å². The molecule has 7 heteroatoms. The minimum atomic E-state index is -0.448. The number of benzene rings is 2. The molecule has 2 N–H and O–H groups in total. The van der Waals surface area contributed by atoms with Crippen LogP contribution < -0.4 is 10.6 Å². The van der Waals surface area contributed by atoms with Crippen molar-refractivity contribution >= 4 is 17.5 Å². The van der Waals surface area contributed by atoms with E-state index in [0.29, 0.717) is 16.9 Å². The van der Waals surface area contributed by atoms with Gasteiger partial charge in [0.15, 0.2) is 0 Å². The SMILES string of the molecule is Cc1cc(C(=O)Nc2ccc(F)cc2)nc(NCc2ccccc2F)n1. The fourth-order valence-corrected chi connectivity index (χ4v) is 2.31. The van der Waals surface area contributed by atoms with Crippen LogP contribution in [-0.4, -0.2) is 15.9 Å². The Morgan fingerprint density at radius 1 is 1.04 bits per heavy atom. The molecule has 0 spiro atoms. The minimum Gasteiger partial charge on any atom is -0.350 e. The number of hydrogen-bond donors (Lipinski definition) is 2. The third kappa shape index (κ3) is 4.38. The molecule has 0 aliphatic rings. The largest absolute Gasteiger partial charge is 0.350 e. The van der Waals surface area contributed by atoms with Crippen LogP contribution in [0.4, 0.5) is 20.4 Å². The fourth-order valence-electron chi connectivity index (χ4n) is 2.31. The molecule has 1 heterocycles. The zero-order valence-corrected chi connectivity index (χ0v) is 14.0. The Bertz CT molecular complexity index is 929.